The van der Waals surface area contributed by atoms with Gasteiger partial charge in [0.15, 0.2) is 10.9 Å². The number of fused-ring (bicyclic) bond motifs is 2. The normalized spacial score (nSPS) is 12.0. The van der Waals surface area contributed by atoms with E-state index < -0.39 is 46.5 Å². The molecule has 7 N–H and O–H groups in total. The average Bonchev–Trinajstić information content (AvgIpc) is 3.08. The van der Waals surface area contributed by atoms with Gasteiger partial charge in [0.25, 0.3) is 0 Å². The fraction of sp³-hybridized carbons (Fsp3) is 0.278. The Morgan fingerprint density at radius 3 is 1.71 bits per heavy atom. The standard InChI is InChI=1S/C23H16O11.C13H21NO3/c24-11(9-31-14-3-1-5-16-20(14)12(25)7-18(33-16)22(27)28)10-32-15-4-2-6-17-21(15)13(26)8-19(34-17)23(29)30;1-13(2,3)14-7-12(17)9-4-5-11(16)10(6-9)8-15/h1-8,11,24H,9-10H2,(H,27,28)(H,29,30);4-6,12,14-17H,7-8H2,1-3H3. The molecular formula is C36H37NO14. The molecule has 270 valence electrons. The van der Waals surface area contributed by atoms with E-state index in [0.29, 0.717) is 17.7 Å². The number of phenols is 1. The number of aromatic carboxylic acids is 2. The minimum Gasteiger partial charge on any atom is -0.508 e. The molecular weight excluding hydrogens is 670 g/mol. The molecule has 0 aliphatic heterocycles. The third kappa shape index (κ3) is 9.92. The predicted octanol–water partition coefficient (Wildman–Crippen LogP) is 3.42. The molecule has 2 aromatic heterocycles. The van der Waals surface area contributed by atoms with E-state index >= 15 is 0 Å². The lowest BCUT2D eigenvalue weighted by atomic mass is 10.0. The molecule has 1 unspecified atom stereocenters. The number of aromatic hydroxyl groups is 1. The van der Waals surface area contributed by atoms with Crippen LogP contribution in [-0.4, -0.2) is 74.0 Å². The molecule has 51 heavy (non-hydrogen) atoms. The zero-order valence-corrected chi connectivity index (χ0v) is 27.8. The molecule has 2 heterocycles. The number of β-amino-alcohol motifs (C(OH)–C–C–N with tert-alkyl or cyclic N) is 1. The van der Waals surface area contributed by atoms with Crippen molar-refractivity contribution in [3.63, 3.8) is 0 Å². The topological polar surface area (TPSA) is 246 Å². The molecule has 1 atom stereocenters. The van der Waals surface area contributed by atoms with Gasteiger partial charge in [0.05, 0.1) is 12.7 Å². The summed E-state index contributed by atoms with van der Waals surface area (Å²) in [6.07, 6.45) is -1.85. The lowest BCUT2D eigenvalue weighted by Gasteiger charge is -2.23. The van der Waals surface area contributed by atoms with Gasteiger partial charge >= 0.3 is 11.9 Å². The van der Waals surface area contributed by atoms with Crippen molar-refractivity contribution in [3.8, 4) is 17.2 Å². The Morgan fingerprint density at radius 2 is 1.27 bits per heavy atom. The van der Waals surface area contributed by atoms with Crippen LogP contribution in [-0.2, 0) is 6.61 Å². The summed E-state index contributed by atoms with van der Waals surface area (Å²) < 4.78 is 21.4. The van der Waals surface area contributed by atoms with E-state index in [9.17, 15) is 34.5 Å². The van der Waals surface area contributed by atoms with Crippen LogP contribution >= 0.6 is 0 Å². The zero-order chi connectivity index (χ0) is 37.5. The van der Waals surface area contributed by atoms with Gasteiger partial charge in [0.1, 0.15) is 58.5 Å². The van der Waals surface area contributed by atoms with Crippen LogP contribution in [0.2, 0.25) is 0 Å². The second-order valence-electron chi connectivity index (χ2n) is 12.3. The minimum absolute atomic E-state index is 0.0105. The van der Waals surface area contributed by atoms with E-state index in [-0.39, 0.29) is 64.5 Å². The van der Waals surface area contributed by atoms with Crippen molar-refractivity contribution in [2.24, 2.45) is 0 Å². The Kier molecular flexibility index (Phi) is 12.2. The number of benzene rings is 3. The first-order valence-corrected chi connectivity index (χ1v) is 15.5. The molecule has 0 saturated carbocycles. The Balaban J connectivity index is 0.000000289. The van der Waals surface area contributed by atoms with E-state index in [1.54, 1.807) is 12.1 Å². The molecule has 15 heteroatoms. The fourth-order valence-corrected chi connectivity index (χ4v) is 4.69. The Hall–Kier alpha value is -5.74. The van der Waals surface area contributed by atoms with Crippen LogP contribution in [0.1, 0.15) is 59.1 Å². The van der Waals surface area contributed by atoms with E-state index in [0.717, 1.165) is 12.1 Å². The highest BCUT2D eigenvalue weighted by molar-refractivity contribution is 5.90. The summed E-state index contributed by atoms with van der Waals surface area (Å²) in [5.74, 6) is -3.61. The molecule has 3 aromatic carbocycles. The molecule has 0 radical (unpaired) electrons. The summed E-state index contributed by atoms with van der Waals surface area (Å²) in [6, 6.07) is 15.2. The number of ether oxygens (including phenoxy) is 2. The van der Waals surface area contributed by atoms with Gasteiger partial charge in [0, 0.05) is 29.8 Å². The Morgan fingerprint density at radius 1 is 0.784 bits per heavy atom. The van der Waals surface area contributed by atoms with Crippen molar-refractivity contribution in [2.45, 2.75) is 45.1 Å². The minimum atomic E-state index is -1.39. The van der Waals surface area contributed by atoms with Crippen LogP contribution in [0.15, 0.2) is 85.2 Å². The second-order valence-corrected chi connectivity index (χ2v) is 12.3. The molecule has 0 bridgehead atoms. The number of rotatable bonds is 12. The van der Waals surface area contributed by atoms with Gasteiger partial charge in [-0.05, 0) is 62.7 Å². The number of aliphatic hydroxyl groups is 3. The first-order chi connectivity index (χ1) is 24.1. The molecule has 5 aromatic rings. The van der Waals surface area contributed by atoms with Crippen LogP contribution in [0.25, 0.3) is 21.9 Å². The summed E-state index contributed by atoms with van der Waals surface area (Å²) in [6.45, 7) is 5.66. The van der Waals surface area contributed by atoms with Gasteiger partial charge < -0.3 is 54.3 Å². The number of hydrogen-bond acceptors (Lipinski definition) is 13. The fourth-order valence-electron chi connectivity index (χ4n) is 4.69. The number of nitrogens with one attached hydrogen (secondary N) is 1. The van der Waals surface area contributed by atoms with E-state index in [1.165, 1.54) is 42.5 Å². The number of carboxylic acids is 2. The van der Waals surface area contributed by atoms with Crippen molar-refractivity contribution < 1.29 is 58.5 Å². The monoisotopic (exact) mass is 707 g/mol. The summed E-state index contributed by atoms with van der Waals surface area (Å²) in [4.78, 5) is 46.8. The molecule has 0 saturated heterocycles. The van der Waals surface area contributed by atoms with Crippen LogP contribution in [0.5, 0.6) is 17.2 Å². The number of hydrogen-bond donors (Lipinski definition) is 7. The van der Waals surface area contributed by atoms with Crippen molar-refractivity contribution in [1.29, 1.82) is 0 Å². The van der Waals surface area contributed by atoms with Crippen molar-refractivity contribution in [2.75, 3.05) is 19.8 Å². The summed E-state index contributed by atoms with van der Waals surface area (Å²) >= 11 is 0. The van der Waals surface area contributed by atoms with Gasteiger partial charge in [-0.3, -0.25) is 9.59 Å². The highest BCUT2D eigenvalue weighted by Crippen LogP contribution is 2.26. The average molecular weight is 708 g/mol. The molecule has 0 aliphatic carbocycles. The van der Waals surface area contributed by atoms with E-state index in [1.807, 2.05) is 20.8 Å². The molecule has 15 nitrogen and oxygen atoms in total. The van der Waals surface area contributed by atoms with E-state index in [4.69, 9.17) is 33.6 Å². The highest BCUT2D eigenvalue weighted by atomic mass is 16.5. The summed E-state index contributed by atoms with van der Waals surface area (Å²) in [5.41, 5.74) is -0.169. The lowest BCUT2D eigenvalue weighted by molar-refractivity contribution is 0.0636. The molecule has 0 amide bonds. The van der Waals surface area contributed by atoms with E-state index in [2.05, 4.69) is 5.32 Å². The van der Waals surface area contributed by atoms with Crippen molar-refractivity contribution in [1.82, 2.24) is 5.32 Å². The number of aliphatic hydroxyl groups excluding tert-OH is 3. The zero-order valence-electron chi connectivity index (χ0n) is 27.8. The largest absolute Gasteiger partial charge is 0.508 e. The van der Waals surface area contributed by atoms with Gasteiger partial charge in [-0.15, -0.1) is 0 Å². The quantitative estimate of drug-likeness (QED) is 0.0982. The first kappa shape index (κ1) is 38.1. The maximum Gasteiger partial charge on any atom is 0.371 e. The van der Waals surface area contributed by atoms with Crippen LogP contribution < -0.4 is 25.6 Å². The van der Waals surface area contributed by atoms with Crippen molar-refractivity contribution in [3.05, 3.63) is 110 Å². The first-order valence-electron chi connectivity index (χ1n) is 15.5. The molecule has 5 rings (SSSR count). The number of carbonyl (C=O) groups is 2. The van der Waals surface area contributed by atoms with Gasteiger partial charge in [-0.2, -0.15) is 0 Å². The summed E-state index contributed by atoms with van der Waals surface area (Å²) in [7, 11) is 0. The SMILES string of the molecule is CC(C)(C)NCC(O)c1ccc(O)c(CO)c1.O=C(O)c1cc(=O)c2c(OCC(O)COc3cccc4oc(C(=O)O)cc(=O)c34)cccc2o1. The van der Waals surface area contributed by atoms with Gasteiger partial charge in [0.2, 0.25) is 11.5 Å². The maximum absolute atomic E-state index is 12.3. The highest BCUT2D eigenvalue weighted by Gasteiger charge is 2.18. The van der Waals surface area contributed by atoms with Crippen molar-refractivity contribution >= 4 is 33.9 Å². The Bertz CT molecular complexity index is 2030. The third-order valence-corrected chi connectivity index (χ3v) is 7.20. The molecule has 0 spiro atoms. The smallest absolute Gasteiger partial charge is 0.371 e. The number of carboxylic acid groups (broad SMARTS) is 2. The van der Waals surface area contributed by atoms with Crippen LogP contribution in [0.3, 0.4) is 0 Å². The summed E-state index contributed by atoms with van der Waals surface area (Å²) in [5, 5.41) is 60.0. The third-order valence-electron chi connectivity index (χ3n) is 7.20. The molecule has 0 aliphatic rings. The van der Waals surface area contributed by atoms with Crippen LogP contribution in [0, 0.1) is 0 Å². The second kappa shape index (κ2) is 16.3. The Labute approximate surface area is 289 Å². The van der Waals surface area contributed by atoms with Gasteiger partial charge in [-0.25, -0.2) is 9.59 Å². The maximum atomic E-state index is 12.3. The van der Waals surface area contributed by atoms with Gasteiger partial charge in [-0.1, -0.05) is 18.2 Å². The molecule has 0 fully saturated rings. The van der Waals surface area contributed by atoms with Crippen LogP contribution in [0.4, 0.5) is 0 Å². The predicted molar refractivity (Wildman–Crippen MR) is 183 cm³/mol. The lowest BCUT2D eigenvalue weighted by Crippen LogP contribution is -2.38.